The van der Waals surface area contributed by atoms with Crippen LogP contribution in [0.4, 0.5) is 0 Å². The molecule has 0 aliphatic carbocycles. The van der Waals surface area contributed by atoms with E-state index in [1.165, 1.54) is 24.3 Å². The standard InChI is InChI=1S/C15H22N2O7S/c16-15(19)10-24-11-1-3-12(4-2-11)25(20,21)17-13-5-7-22-9-14(13)23-8-6-18/h1-4,13-14,17-18H,5-10H2,(H2,16,19)/t13-,14-/m1/s1. The number of rotatable bonds is 9. The first-order chi connectivity index (χ1) is 11.9. The van der Waals surface area contributed by atoms with Crippen molar-refractivity contribution >= 4 is 15.9 Å². The molecule has 1 aromatic rings. The van der Waals surface area contributed by atoms with Gasteiger partial charge in [0.25, 0.3) is 5.91 Å². The summed E-state index contributed by atoms with van der Waals surface area (Å²) in [5, 5.41) is 8.85. The summed E-state index contributed by atoms with van der Waals surface area (Å²) in [6.07, 6.45) is 0.00336. The highest BCUT2D eigenvalue weighted by Crippen LogP contribution is 2.19. The number of carbonyl (C=O) groups is 1. The Hall–Kier alpha value is -1.72. The van der Waals surface area contributed by atoms with E-state index in [1.54, 1.807) is 0 Å². The van der Waals surface area contributed by atoms with Gasteiger partial charge in [-0.25, -0.2) is 13.1 Å². The number of hydrogen-bond acceptors (Lipinski definition) is 7. The minimum absolute atomic E-state index is 0.0614. The highest BCUT2D eigenvalue weighted by molar-refractivity contribution is 7.89. The molecule has 25 heavy (non-hydrogen) atoms. The molecule has 0 aromatic heterocycles. The molecule has 0 radical (unpaired) electrons. The lowest BCUT2D eigenvalue weighted by molar-refractivity contribution is -0.119. The first-order valence-electron chi connectivity index (χ1n) is 7.76. The van der Waals surface area contributed by atoms with E-state index in [0.29, 0.717) is 18.8 Å². The lowest BCUT2D eigenvalue weighted by atomic mass is 10.1. The number of amides is 1. The first kappa shape index (κ1) is 19.6. The third-order valence-corrected chi connectivity index (χ3v) is 5.05. The van der Waals surface area contributed by atoms with Crippen LogP contribution in [0.15, 0.2) is 29.2 Å². The third-order valence-electron chi connectivity index (χ3n) is 3.55. The second-order valence-corrected chi connectivity index (χ2v) is 7.16. The average Bonchev–Trinajstić information content (AvgIpc) is 2.59. The van der Waals surface area contributed by atoms with Crippen molar-refractivity contribution in [2.75, 3.05) is 33.0 Å². The van der Waals surface area contributed by atoms with Gasteiger partial charge in [-0.1, -0.05) is 0 Å². The van der Waals surface area contributed by atoms with Crippen molar-refractivity contribution in [2.24, 2.45) is 5.73 Å². The highest BCUT2D eigenvalue weighted by Gasteiger charge is 2.30. The predicted molar refractivity (Wildman–Crippen MR) is 87.5 cm³/mol. The van der Waals surface area contributed by atoms with E-state index < -0.39 is 28.1 Å². The van der Waals surface area contributed by atoms with Crippen LogP contribution in [0.1, 0.15) is 6.42 Å². The zero-order valence-corrected chi connectivity index (χ0v) is 14.4. The van der Waals surface area contributed by atoms with Crippen molar-refractivity contribution in [3.05, 3.63) is 24.3 Å². The normalized spacial score (nSPS) is 21.0. The van der Waals surface area contributed by atoms with Crippen LogP contribution in [-0.2, 0) is 24.3 Å². The van der Waals surface area contributed by atoms with Gasteiger partial charge in [0.2, 0.25) is 10.0 Å². The molecule has 9 nitrogen and oxygen atoms in total. The number of carbonyl (C=O) groups excluding carboxylic acids is 1. The van der Waals surface area contributed by atoms with E-state index in [2.05, 4.69) is 4.72 Å². The maximum atomic E-state index is 12.5. The minimum Gasteiger partial charge on any atom is -0.484 e. The molecule has 140 valence electrons. The zero-order chi connectivity index (χ0) is 18.3. The zero-order valence-electron chi connectivity index (χ0n) is 13.6. The number of aliphatic hydroxyl groups is 1. The number of ether oxygens (including phenoxy) is 3. The van der Waals surface area contributed by atoms with E-state index in [-0.39, 0.29) is 31.3 Å². The SMILES string of the molecule is NC(=O)COc1ccc(S(=O)(=O)N[C@@H]2CCOC[C@H]2OCCO)cc1. The molecule has 1 aliphatic heterocycles. The Labute approximate surface area is 146 Å². The molecular formula is C15H22N2O7S. The van der Waals surface area contributed by atoms with Gasteiger partial charge in [0.1, 0.15) is 5.75 Å². The first-order valence-corrected chi connectivity index (χ1v) is 9.24. The van der Waals surface area contributed by atoms with Gasteiger partial charge in [-0.05, 0) is 30.7 Å². The van der Waals surface area contributed by atoms with Crippen molar-refractivity contribution in [3.63, 3.8) is 0 Å². The molecule has 0 saturated carbocycles. The summed E-state index contributed by atoms with van der Waals surface area (Å²) in [6, 6.07) is 5.20. The Kier molecular flexibility index (Phi) is 7.14. The lowest BCUT2D eigenvalue weighted by Gasteiger charge is -2.31. The lowest BCUT2D eigenvalue weighted by Crippen LogP contribution is -2.50. The van der Waals surface area contributed by atoms with Gasteiger partial charge in [-0.2, -0.15) is 0 Å². The van der Waals surface area contributed by atoms with Crippen LogP contribution in [0.5, 0.6) is 5.75 Å². The van der Waals surface area contributed by atoms with Crippen LogP contribution in [0.2, 0.25) is 0 Å². The fourth-order valence-electron chi connectivity index (χ4n) is 2.35. The molecule has 2 atom stereocenters. The molecule has 0 unspecified atom stereocenters. The topological polar surface area (TPSA) is 137 Å². The summed E-state index contributed by atoms with van der Waals surface area (Å²) in [7, 11) is -3.76. The smallest absolute Gasteiger partial charge is 0.255 e. The van der Waals surface area contributed by atoms with Crippen LogP contribution in [0, 0.1) is 0 Å². The third kappa shape index (κ3) is 5.94. The van der Waals surface area contributed by atoms with Gasteiger partial charge < -0.3 is 25.1 Å². The van der Waals surface area contributed by atoms with Gasteiger partial charge in [0.15, 0.2) is 6.61 Å². The molecule has 0 bridgehead atoms. The molecule has 1 heterocycles. The van der Waals surface area contributed by atoms with Gasteiger partial charge in [0.05, 0.1) is 36.9 Å². The molecule has 1 saturated heterocycles. The number of benzene rings is 1. The van der Waals surface area contributed by atoms with Crippen molar-refractivity contribution in [2.45, 2.75) is 23.5 Å². The molecule has 1 fully saturated rings. The van der Waals surface area contributed by atoms with Crippen LogP contribution < -0.4 is 15.2 Å². The fraction of sp³-hybridized carbons (Fsp3) is 0.533. The largest absolute Gasteiger partial charge is 0.484 e. The second-order valence-electron chi connectivity index (χ2n) is 5.45. The molecule has 1 aliphatic rings. The Morgan fingerprint density at radius 2 is 2.08 bits per heavy atom. The number of sulfonamides is 1. The Balaban J connectivity index is 2.03. The van der Waals surface area contributed by atoms with Crippen molar-refractivity contribution in [1.29, 1.82) is 0 Å². The number of aliphatic hydroxyl groups excluding tert-OH is 1. The van der Waals surface area contributed by atoms with E-state index in [4.69, 9.17) is 25.1 Å². The Morgan fingerprint density at radius 1 is 1.36 bits per heavy atom. The number of nitrogens with one attached hydrogen (secondary N) is 1. The molecule has 2 rings (SSSR count). The van der Waals surface area contributed by atoms with Gasteiger partial charge in [-0.3, -0.25) is 4.79 Å². The van der Waals surface area contributed by atoms with Crippen molar-refractivity contribution in [3.8, 4) is 5.75 Å². The maximum Gasteiger partial charge on any atom is 0.255 e. The number of hydrogen-bond donors (Lipinski definition) is 3. The molecule has 4 N–H and O–H groups in total. The molecule has 1 amide bonds. The number of primary amides is 1. The van der Waals surface area contributed by atoms with Crippen molar-refractivity contribution < 1.29 is 32.5 Å². The summed E-state index contributed by atoms with van der Waals surface area (Å²) in [4.78, 5) is 10.7. The van der Waals surface area contributed by atoms with E-state index in [9.17, 15) is 13.2 Å². The van der Waals surface area contributed by atoms with E-state index in [1.807, 2.05) is 0 Å². The second kappa shape index (κ2) is 9.11. The average molecular weight is 374 g/mol. The van der Waals surface area contributed by atoms with Crippen molar-refractivity contribution in [1.82, 2.24) is 4.72 Å². The molecular weight excluding hydrogens is 352 g/mol. The summed E-state index contributed by atoms with van der Waals surface area (Å²) < 4.78 is 43.5. The molecule has 1 aromatic carbocycles. The van der Waals surface area contributed by atoms with Gasteiger partial charge >= 0.3 is 0 Å². The van der Waals surface area contributed by atoms with Crippen LogP contribution in [0.25, 0.3) is 0 Å². The van der Waals surface area contributed by atoms with E-state index in [0.717, 1.165) is 0 Å². The summed E-state index contributed by atoms with van der Waals surface area (Å²) in [6.45, 7) is 0.357. The minimum atomic E-state index is -3.76. The Bertz CT molecular complexity index is 663. The summed E-state index contributed by atoms with van der Waals surface area (Å²) in [5.74, 6) is -0.278. The van der Waals surface area contributed by atoms with Gasteiger partial charge in [0, 0.05) is 6.61 Å². The summed E-state index contributed by atoms with van der Waals surface area (Å²) >= 11 is 0. The maximum absolute atomic E-state index is 12.5. The van der Waals surface area contributed by atoms with Gasteiger partial charge in [-0.15, -0.1) is 0 Å². The van der Waals surface area contributed by atoms with E-state index >= 15 is 0 Å². The number of nitrogens with two attached hydrogens (primary N) is 1. The Morgan fingerprint density at radius 3 is 2.72 bits per heavy atom. The van der Waals surface area contributed by atoms with Crippen LogP contribution in [-0.4, -0.2) is 64.6 Å². The summed E-state index contributed by atoms with van der Waals surface area (Å²) in [5.41, 5.74) is 4.98. The van der Waals surface area contributed by atoms with Crippen LogP contribution in [0.3, 0.4) is 0 Å². The highest BCUT2D eigenvalue weighted by atomic mass is 32.2. The monoisotopic (exact) mass is 374 g/mol. The fourth-order valence-corrected chi connectivity index (χ4v) is 3.65. The molecule has 0 spiro atoms. The van der Waals surface area contributed by atoms with Crippen LogP contribution >= 0.6 is 0 Å². The predicted octanol–water partition coefficient (Wildman–Crippen LogP) is -1.00. The quantitative estimate of drug-likeness (QED) is 0.504. The molecule has 10 heteroatoms.